The highest BCUT2D eigenvalue weighted by molar-refractivity contribution is 7.89. The van der Waals surface area contributed by atoms with Crippen LogP contribution in [0, 0.1) is 11.2 Å². The van der Waals surface area contributed by atoms with Crippen LogP contribution in [0.2, 0.25) is 0 Å². The Morgan fingerprint density at radius 3 is 2.61 bits per heavy atom. The number of nitrogens with one attached hydrogen (secondary N) is 2. The van der Waals surface area contributed by atoms with Gasteiger partial charge < -0.3 is 15.5 Å². The number of carbonyl (C=O) groups is 1. The Labute approximate surface area is 217 Å². The Morgan fingerprint density at radius 1 is 1.32 bits per heavy atom. The molecule has 1 aliphatic heterocycles. The van der Waals surface area contributed by atoms with Gasteiger partial charge >= 0.3 is 6.18 Å². The molecule has 1 unspecified atom stereocenters. The maximum Gasteiger partial charge on any atom is 0.412 e. The van der Waals surface area contributed by atoms with Crippen molar-refractivity contribution in [2.75, 3.05) is 13.7 Å². The van der Waals surface area contributed by atoms with Crippen LogP contribution in [0.3, 0.4) is 0 Å². The predicted octanol–water partition coefficient (Wildman–Crippen LogP) is 4.24. The number of sulfonamides is 1. The first-order valence-corrected chi connectivity index (χ1v) is 12.9. The van der Waals surface area contributed by atoms with E-state index in [4.69, 9.17) is 10.1 Å². The SMILES string of the molecule is C=C(C/C=C(\C=N)c1cc(CNC(=O)C2CCCN2S(=O)(=O)c2ccc(F)cc2)ncc1OC)C(F)(F)F. The summed E-state index contributed by atoms with van der Waals surface area (Å²) in [6.07, 6.45) is -0.975. The van der Waals surface area contributed by atoms with Crippen LogP contribution in [0.5, 0.6) is 5.75 Å². The van der Waals surface area contributed by atoms with E-state index in [0.29, 0.717) is 12.1 Å². The molecule has 1 atom stereocenters. The quantitative estimate of drug-likeness (QED) is 0.259. The van der Waals surface area contributed by atoms with Crippen LogP contribution in [0.1, 0.15) is 30.5 Å². The molecule has 2 N–H and O–H groups in total. The summed E-state index contributed by atoms with van der Waals surface area (Å²) >= 11 is 0. The molecule has 38 heavy (non-hydrogen) atoms. The van der Waals surface area contributed by atoms with Crippen molar-refractivity contribution in [2.45, 2.75) is 42.9 Å². The number of methoxy groups -OCH3 is 1. The van der Waals surface area contributed by atoms with Crippen molar-refractivity contribution in [3.05, 3.63) is 71.8 Å². The normalized spacial score (nSPS) is 16.8. The Morgan fingerprint density at radius 2 is 2.00 bits per heavy atom. The van der Waals surface area contributed by atoms with Crippen LogP contribution in [0.4, 0.5) is 17.6 Å². The van der Waals surface area contributed by atoms with Crippen molar-refractivity contribution in [1.29, 1.82) is 5.41 Å². The Balaban J connectivity index is 1.76. The van der Waals surface area contributed by atoms with Crippen molar-refractivity contribution < 1.29 is 35.5 Å². The van der Waals surface area contributed by atoms with Crippen molar-refractivity contribution in [1.82, 2.24) is 14.6 Å². The first-order chi connectivity index (χ1) is 17.9. The van der Waals surface area contributed by atoms with Crippen LogP contribution in [0.15, 0.2) is 59.7 Å². The molecule has 1 saturated heterocycles. The van der Waals surface area contributed by atoms with E-state index in [1.54, 1.807) is 0 Å². The lowest BCUT2D eigenvalue weighted by molar-refractivity contribution is -0.124. The maximum atomic E-state index is 13.2. The summed E-state index contributed by atoms with van der Waals surface area (Å²) in [5, 5.41) is 10.3. The van der Waals surface area contributed by atoms with Gasteiger partial charge in [-0.2, -0.15) is 17.5 Å². The third kappa shape index (κ3) is 6.64. The second-order valence-electron chi connectivity index (χ2n) is 8.43. The summed E-state index contributed by atoms with van der Waals surface area (Å²) < 4.78 is 84.0. The number of hydrogen-bond donors (Lipinski definition) is 2. The van der Waals surface area contributed by atoms with Gasteiger partial charge in [-0.1, -0.05) is 12.7 Å². The molecule has 1 amide bonds. The standard InChI is InChI=1S/C25H26F4N4O4S/c1-16(25(27,28)29)5-6-17(13-30)21-12-19(31-15-23(21)37-2)14-32-24(34)22-4-3-11-33(22)38(35,36)20-9-7-18(26)8-10-20/h6-10,12-13,15,22,30H,1,3-5,11,14H2,2H3,(H,32,34)/b17-6+,30-13?. The molecule has 0 radical (unpaired) electrons. The highest BCUT2D eigenvalue weighted by Crippen LogP contribution is 2.30. The van der Waals surface area contributed by atoms with E-state index >= 15 is 0 Å². The van der Waals surface area contributed by atoms with Gasteiger partial charge in [0, 0.05) is 23.9 Å². The number of alkyl halides is 3. The van der Waals surface area contributed by atoms with Crippen molar-refractivity contribution in [3.63, 3.8) is 0 Å². The molecular weight excluding hydrogens is 528 g/mol. The molecule has 13 heteroatoms. The molecule has 1 aromatic heterocycles. The van der Waals surface area contributed by atoms with Gasteiger partial charge in [0.15, 0.2) is 0 Å². The minimum atomic E-state index is -4.57. The highest BCUT2D eigenvalue weighted by Gasteiger charge is 2.39. The molecule has 0 spiro atoms. The number of hydrogen-bond acceptors (Lipinski definition) is 6. The molecular formula is C25H26F4N4O4S. The van der Waals surface area contributed by atoms with Gasteiger partial charge in [-0.15, -0.1) is 0 Å². The number of nitrogens with zero attached hydrogens (tertiary/aromatic N) is 2. The number of carbonyl (C=O) groups excluding carboxylic acids is 1. The molecule has 0 saturated carbocycles. The van der Waals surface area contributed by atoms with Crippen molar-refractivity contribution >= 4 is 27.7 Å². The topological polar surface area (TPSA) is 112 Å². The fourth-order valence-electron chi connectivity index (χ4n) is 3.89. The number of benzene rings is 1. The minimum absolute atomic E-state index is 0.114. The van der Waals surface area contributed by atoms with E-state index in [1.807, 2.05) is 0 Å². The Bertz CT molecular complexity index is 1340. The first-order valence-electron chi connectivity index (χ1n) is 11.4. The molecule has 1 aliphatic rings. The van der Waals surface area contributed by atoms with Gasteiger partial charge in [0.2, 0.25) is 15.9 Å². The van der Waals surface area contributed by atoms with Gasteiger partial charge in [-0.25, -0.2) is 12.8 Å². The molecule has 1 fully saturated rings. The Kier molecular flexibility index (Phi) is 9.05. The van der Waals surface area contributed by atoms with Crippen LogP contribution in [0.25, 0.3) is 5.57 Å². The Hall–Kier alpha value is -3.58. The lowest BCUT2D eigenvalue weighted by atomic mass is 10.0. The minimum Gasteiger partial charge on any atom is -0.494 e. The summed E-state index contributed by atoms with van der Waals surface area (Å²) in [5.74, 6) is -0.936. The third-order valence-corrected chi connectivity index (χ3v) is 7.87. The third-order valence-electron chi connectivity index (χ3n) is 5.95. The molecule has 2 heterocycles. The summed E-state index contributed by atoms with van der Waals surface area (Å²) in [6.45, 7) is 3.03. The largest absolute Gasteiger partial charge is 0.494 e. The molecule has 1 aromatic carbocycles. The molecule has 0 aliphatic carbocycles. The van der Waals surface area contributed by atoms with Crippen LogP contribution in [-0.4, -0.2) is 55.7 Å². The van der Waals surface area contributed by atoms with Gasteiger partial charge in [0.25, 0.3) is 0 Å². The fourth-order valence-corrected chi connectivity index (χ4v) is 5.55. The summed E-state index contributed by atoms with van der Waals surface area (Å²) in [7, 11) is -2.69. The number of amides is 1. The van der Waals surface area contributed by atoms with Crippen LogP contribution < -0.4 is 10.1 Å². The van der Waals surface area contributed by atoms with Crippen molar-refractivity contribution in [3.8, 4) is 5.75 Å². The fraction of sp³-hybridized carbons (Fsp3) is 0.320. The van der Waals surface area contributed by atoms with E-state index in [0.717, 1.165) is 34.8 Å². The molecule has 2 aromatic rings. The number of rotatable bonds is 10. The lowest BCUT2D eigenvalue weighted by Gasteiger charge is -2.23. The van der Waals surface area contributed by atoms with Crippen LogP contribution >= 0.6 is 0 Å². The average molecular weight is 555 g/mol. The predicted molar refractivity (Wildman–Crippen MR) is 133 cm³/mol. The number of allylic oxidation sites excluding steroid dienone is 3. The molecule has 3 rings (SSSR count). The zero-order chi connectivity index (χ0) is 28.1. The molecule has 8 nitrogen and oxygen atoms in total. The van der Waals surface area contributed by atoms with Crippen molar-refractivity contribution in [2.24, 2.45) is 0 Å². The average Bonchev–Trinajstić information content (AvgIpc) is 3.38. The van der Waals surface area contributed by atoms with E-state index < -0.39 is 46.0 Å². The highest BCUT2D eigenvalue weighted by atomic mass is 32.2. The number of halogens is 4. The zero-order valence-electron chi connectivity index (χ0n) is 20.4. The number of ether oxygens (including phenoxy) is 1. The summed E-state index contributed by atoms with van der Waals surface area (Å²) in [5.41, 5.74) is -0.246. The van der Waals surface area contributed by atoms with E-state index in [9.17, 15) is 30.8 Å². The van der Waals surface area contributed by atoms with Crippen LogP contribution in [-0.2, 0) is 21.4 Å². The van der Waals surface area contributed by atoms with E-state index in [2.05, 4.69) is 16.9 Å². The lowest BCUT2D eigenvalue weighted by Crippen LogP contribution is -2.45. The maximum absolute atomic E-state index is 13.2. The van der Waals surface area contributed by atoms with Gasteiger partial charge in [0.1, 0.15) is 17.6 Å². The van der Waals surface area contributed by atoms with E-state index in [1.165, 1.54) is 25.4 Å². The smallest absolute Gasteiger partial charge is 0.412 e. The molecule has 0 bridgehead atoms. The summed E-state index contributed by atoms with van der Waals surface area (Å²) in [4.78, 5) is 17.0. The number of aromatic nitrogens is 1. The second kappa shape index (κ2) is 11.9. The zero-order valence-corrected chi connectivity index (χ0v) is 21.2. The monoisotopic (exact) mass is 554 g/mol. The number of pyridine rings is 1. The van der Waals surface area contributed by atoms with Gasteiger partial charge in [0.05, 0.1) is 30.4 Å². The van der Waals surface area contributed by atoms with Gasteiger partial charge in [-0.3, -0.25) is 9.78 Å². The second-order valence-corrected chi connectivity index (χ2v) is 10.3. The molecule has 204 valence electrons. The van der Waals surface area contributed by atoms with Gasteiger partial charge in [-0.05, 0) is 55.2 Å². The summed E-state index contributed by atoms with van der Waals surface area (Å²) in [6, 6.07) is 4.82. The first kappa shape index (κ1) is 29.0. The van der Waals surface area contributed by atoms with E-state index in [-0.39, 0.29) is 41.3 Å².